The second-order valence-electron chi connectivity index (χ2n) is 3.35. The Morgan fingerprint density at radius 3 is 2.53 bits per heavy atom. The number of nitrogens with one attached hydrogen (secondary N) is 1. The van der Waals surface area contributed by atoms with E-state index in [1.165, 1.54) is 0 Å². The predicted octanol–water partition coefficient (Wildman–Crippen LogP) is -0.934. The predicted molar refractivity (Wildman–Crippen MR) is 54.2 cm³/mol. The first-order valence-corrected chi connectivity index (χ1v) is 4.90. The highest BCUT2D eigenvalue weighted by Crippen LogP contribution is 1.95. The van der Waals surface area contributed by atoms with Crippen molar-refractivity contribution in [2.45, 2.75) is 38.3 Å². The number of aliphatic hydroxyl groups is 1. The number of aliphatic hydroxyl groups excluding tert-OH is 1. The average Bonchev–Trinajstić information content (AvgIpc) is 2.16. The molecule has 0 aliphatic heterocycles. The number of amides is 1. The van der Waals surface area contributed by atoms with E-state index >= 15 is 0 Å². The van der Waals surface area contributed by atoms with Gasteiger partial charge in [-0.3, -0.25) is 9.59 Å². The number of rotatable bonds is 7. The van der Waals surface area contributed by atoms with Gasteiger partial charge < -0.3 is 21.3 Å². The molecule has 0 saturated carbocycles. The van der Waals surface area contributed by atoms with Crippen LogP contribution in [0.1, 0.15) is 26.2 Å². The van der Waals surface area contributed by atoms with Crippen molar-refractivity contribution >= 4 is 11.9 Å². The van der Waals surface area contributed by atoms with Crippen LogP contribution in [0.25, 0.3) is 0 Å². The summed E-state index contributed by atoms with van der Waals surface area (Å²) in [6.45, 7) is 2.14. The molecule has 0 saturated heterocycles. The summed E-state index contributed by atoms with van der Waals surface area (Å²) in [5.41, 5.74) is 5.31. The lowest BCUT2D eigenvalue weighted by Crippen LogP contribution is -2.42. The Kier molecular flexibility index (Phi) is 6.64. The molecule has 5 N–H and O–H groups in total. The third-order valence-corrected chi connectivity index (χ3v) is 1.98. The lowest BCUT2D eigenvalue weighted by molar-refractivity contribution is -0.139. The minimum absolute atomic E-state index is 0.307. The number of aliphatic carboxylic acids is 1. The van der Waals surface area contributed by atoms with Crippen LogP contribution in [0.5, 0.6) is 0 Å². The summed E-state index contributed by atoms with van der Waals surface area (Å²) in [7, 11) is 0. The molecule has 1 amide bonds. The molecule has 0 spiro atoms. The summed E-state index contributed by atoms with van der Waals surface area (Å²) in [6.07, 6.45) is 0.238. The van der Waals surface area contributed by atoms with Gasteiger partial charge in [0.05, 0.1) is 18.6 Å². The lowest BCUT2D eigenvalue weighted by atomic mass is 10.2. The van der Waals surface area contributed by atoms with Crippen LogP contribution in [0, 0.1) is 0 Å². The molecule has 2 atom stereocenters. The molecule has 15 heavy (non-hydrogen) atoms. The molecular formula is C9H18N2O4. The standard InChI is InChI=1S/C9H18N2O4/c1-2-6(12)3-4-11-9(15)7(10)5-8(13)14/h6-7,12H,2-5,10H2,1H3,(H,11,15)(H,13,14). The molecule has 0 radical (unpaired) electrons. The molecular weight excluding hydrogens is 200 g/mol. The van der Waals surface area contributed by atoms with Gasteiger partial charge >= 0.3 is 5.97 Å². The molecule has 6 nitrogen and oxygen atoms in total. The monoisotopic (exact) mass is 218 g/mol. The van der Waals surface area contributed by atoms with Gasteiger partial charge in [0.25, 0.3) is 0 Å². The van der Waals surface area contributed by atoms with E-state index in [1.54, 1.807) is 0 Å². The normalized spacial score (nSPS) is 14.3. The number of hydrogen-bond acceptors (Lipinski definition) is 4. The first kappa shape index (κ1) is 13.9. The van der Waals surface area contributed by atoms with Crippen molar-refractivity contribution in [3.63, 3.8) is 0 Å². The fraction of sp³-hybridized carbons (Fsp3) is 0.778. The molecule has 0 rings (SSSR count). The Balaban J connectivity index is 3.69. The van der Waals surface area contributed by atoms with Crippen LogP contribution < -0.4 is 11.1 Å². The first-order chi connectivity index (χ1) is 6.97. The summed E-state index contributed by atoms with van der Waals surface area (Å²) in [5, 5.41) is 20.0. The number of carboxylic acids is 1. The van der Waals surface area contributed by atoms with Crippen LogP contribution in [0.3, 0.4) is 0 Å². The van der Waals surface area contributed by atoms with E-state index in [0.717, 1.165) is 0 Å². The van der Waals surface area contributed by atoms with Crippen molar-refractivity contribution in [2.24, 2.45) is 5.73 Å². The van der Waals surface area contributed by atoms with Crippen molar-refractivity contribution in [1.29, 1.82) is 0 Å². The van der Waals surface area contributed by atoms with Gasteiger partial charge in [0.15, 0.2) is 0 Å². The van der Waals surface area contributed by atoms with E-state index < -0.39 is 24.0 Å². The zero-order valence-corrected chi connectivity index (χ0v) is 8.77. The molecule has 0 fully saturated rings. The third-order valence-electron chi connectivity index (χ3n) is 1.98. The SMILES string of the molecule is CCC(O)CCNC(=O)C(N)CC(=O)O. The van der Waals surface area contributed by atoms with Crippen LogP contribution in [-0.4, -0.2) is 40.8 Å². The fourth-order valence-electron chi connectivity index (χ4n) is 0.978. The molecule has 0 aliphatic carbocycles. The van der Waals surface area contributed by atoms with E-state index in [-0.39, 0.29) is 6.42 Å². The maximum absolute atomic E-state index is 11.2. The molecule has 0 heterocycles. The van der Waals surface area contributed by atoms with Gasteiger partial charge in [0.2, 0.25) is 5.91 Å². The highest BCUT2D eigenvalue weighted by molar-refractivity contribution is 5.85. The van der Waals surface area contributed by atoms with Crippen LogP contribution in [-0.2, 0) is 9.59 Å². The van der Waals surface area contributed by atoms with Crippen molar-refractivity contribution in [3.8, 4) is 0 Å². The van der Waals surface area contributed by atoms with E-state index in [2.05, 4.69) is 5.32 Å². The van der Waals surface area contributed by atoms with E-state index in [0.29, 0.717) is 19.4 Å². The number of carbonyl (C=O) groups is 2. The second-order valence-corrected chi connectivity index (χ2v) is 3.35. The fourth-order valence-corrected chi connectivity index (χ4v) is 0.978. The largest absolute Gasteiger partial charge is 0.481 e. The van der Waals surface area contributed by atoms with Crippen molar-refractivity contribution in [3.05, 3.63) is 0 Å². The Morgan fingerprint density at radius 1 is 1.47 bits per heavy atom. The summed E-state index contributed by atoms with van der Waals surface area (Å²) < 4.78 is 0. The maximum atomic E-state index is 11.2. The Hall–Kier alpha value is -1.14. The number of carboxylic acid groups (broad SMARTS) is 1. The van der Waals surface area contributed by atoms with E-state index in [4.69, 9.17) is 10.8 Å². The van der Waals surface area contributed by atoms with Crippen molar-refractivity contribution < 1.29 is 19.8 Å². The van der Waals surface area contributed by atoms with Gasteiger partial charge in [-0.15, -0.1) is 0 Å². The van der Waals surface area contributed by atoms with Gasteiger partial charge in [-0.1, -0.05) is 6.92 Å². The smallest absolute Gasteiger partial charge is 0.305 e. The number of carbonyl (C=O) groups excluding carboxylic acids is 1. The zero-order valence-electron chi connectivity index (χ0n) is 8.77. The Bertz CT molecular complexity index is 220. The zero-order chi connectivity index (χ0) is 11.8. The topological polar surface area (TPSA) is 113 Å². The average molecular weight is 218 g/mol. The molecule has 0 aliphatic rings. The van der Waals surface area contributed by atoms with Crippen LogP contribution in [0.15, 0.2) is 0 Å². The third kappa shape index (κ3) is 6.87. The van der Waals surface area contributed by atoms with Gasteiger partial charge in [-0.25, -0.2) is 0 Å². The van der Waals surface area contributed by atoms with Gasteiger partial charge in [-0.05, 0) is 12.8 Å². The minimum Gasteiger partial charge on any atom is -0.481 e. The van der Waals surface area contributed by atoms with E-state index in [1.807, 2.05) is 6.92 Å². The number of nitrogens with two attached hydrogens (primary N) is 1. The minimum atomic E-state index is -1.11. The Morgan fingerprint density at radius 2 is 2.07 bits per heavy atom. The van der Waals surface area contributed by atoms with Crippen molar-refractivity contribution in [2.75, 3.05) is 6.54 Å². The van der Waals surface area contributed by atoms with Crippen LogP contribution >= 0.6 is 0 Å². The first-order valence-electron chi connectivity index (χ1n) is 4.90. The van der Waals surface area contributed by atoms with E-state index in [9.17, 15) is 14.7 Å². The molecule has 88 valence electrons. The molecule has 2 unspecified atom stereocenters. The highest BCUT2D eigenvalue weighted by atomic mass is 16.4. The lowest BCUT2D eigenvalue weighted by Gasteiger charge is -2.11. The second kappa shape index (κ2) is 7.19. The summed E-state index contributed by atoms with van der Waals surface area (Å²) in [6, 6.07) is -1.03. The highest BCUT2D eigenvalue weighted by Gasteiger charge is 2.16. The summed E-state index contributed by atoms with van der Waals surface area (Å²) in [4.78, 5) is 21.4. The van der Waals surface area contributed by atoms with Gasteiger partial charge in [0.1, 0.15) is 0 Å². The van der Waals surface area contributed by atoms with Crippen LogP contribution in [0.2, 0.25) is 0 Å². The quantitative estimate of drug-likeness (QED) is 0.441. The molecule has 0 aromatic carbocycles. The molecule has 0 bridgehead atoms. The Labute approximate surface area is 88.5 Å². The van der Waals surface area contributed by atoms with Gasteiger partial charge in [0, 0.05) is 6.54 Å². The molecule has 0 aromatic rings. The maximum Gasteiger partial charge on any atom is 0.305 e. The summed E-state index contributed by atoms with van der Waals surface area (Å²) >= 11 is 0. The van der Waals surface area contributed by atoms with Gasteiger partial charge in [-0.2, -0.15) is 0 Å². The molecule has 0 aromatic heterocycles. The number of hydrogen-bond donors (Lipinski definition) is 4. The molecule has 6 heteroatoms. The van der Waals surface area contributed by atoms with Crippen molar-refractivity contribution in [1.82, 2.24) is 5.32 Å². The van der Waals surface area contributed by atoms with Crippen LogP contribution in [0.4, 0.5) is 0 Å². The summed E-state index contributed by atoms with van der Waals surface area (Å²) in [5.74, 6) is -1.60.